The van der Waals surface area contributed by atoms with E-state index in [2.05, 4.69) is 26.3 Å². The Morgan fingerprint density at radius 2 is 0.938 bits per heavy atom. The van der Waals surface area contributed by atoms with E-state index in [0.717, 1.165) is 11.1 Å². The quantitative estimate of drug-likeness (QED) is 0.712. The fourth-order valence-corrected chi connectivity index (χ4v) is 0.499. The number of hydrogen-bond donors (Lipinski definition) is 2. The van der Waals surface area contributed by atoms with Gasteiger partial charge in [-0.2, -0.15) is 0 Å². The van der Waals surface area contributed by atoms with Crippen molar-refractivity contribution in [2.24, 2.45) is 11.5 Å². The SMILES string of the molecule is C=C(C)/C=C\C(=C)N.C=C(C)/C=C\C(=C)N. The van der Waals surface area contributed by atoms with Gasteiger partial charge in [-0.05, 0) is 26.0 Å². The van der Waals surface area contributed by atoms with Crippen LogP contribution in [-0.4, -0.2) is 0 Å². The normalized spacial score (nSPS) is 9.62. The molecule has 2 heteroatoms. The van der Waals surface area contributed by atoms with Crippen LogP contribution in [0.1, 0.15) is 13.8 Å². The second kappa shape index (κ2) is 9.59. The summed E-state index contributed by atoms with van der Waals surface area (Å²) >= 11 is 0. The van der Waals surface area contributed by atoms with Crippen LogP contribution in [-0.2, 0) is 0 Å². The first-order valence-corrected chi connectivity index (χ1v) is 4.81. The molecule has 0 radical (unpaired) electrons. The van der Waals surface area contributed by atoms with Gasteiger partial charge >= 0.3 is 0 Å². The maximum Gasteiger partial charge on any atom is 0.0241 e. The molecular formula is C14H22N2. The Morgan fingerprint density at radius 3 is 1.00 bits per heavy atom. The van der Waals surface area contributed by atoms with Gasteiger partial charge in [0, 0.05) is 11.4 Å². The lowest BCUT2D eigenvalue weighted by molar-refractivity contribution is 1.43. The molecule has 0 aromatic rings. The van der Waals surface area contributed by atoms with Gasteiger partial charge in [-0.15, -0.1) is 0 Å². The van der Waals surface area contributed by atoms with Crippen LogP contribution in [0.5, 0.6) is 0 Å². The fourth-order valence-electron chi connectivity index (χ4n) is 0.499. The minimum absolute atomic E-state index is 0.563. The van der Waals surface area contributed by atoms with E-state index in [4.69, 9.17) is 11.5 Å². The largest absolute Gasteiger partial charge is 0.399 e. The van der Waals surface area contributed by atoms with Gasteiger partial charge in [-0.1, -0.05) is 49.6 Å². The highest BCUT2D eigenvalue weighted by molar-refractivity contribution is 5.20. The average Bonchev–Trinajstić information content (AvgIpc) is 2.12. The van der Waals surface area contributed by atoms with Gasteiger partial charge < -0.3 is 11.5 Å². The number of rotatable bonds is 4. The van der Waals surface area contributed by atoms with E-state index in [1.165, 1.54) is 0 Å². The number of nitrogens with two attached hydrogens (primary N) is 2. The molecule has 0 aliphatic heterocycles. The monoisotopic (exact) mass is 218 g/mol. The Kier molecular flexibility index (Phi) is 9.87. The predicted octanol–water partition coefficient (Wildman–Crippen LogP) is 3.18. The number of hydrogen-bond acceptors (Lipinski definition) is 2. The zero-order valence-corrected chi connectivity index (χ0v) is 10.3. The van der Waals surface area contributed by atoms with E-state index in [1.807, 2.05) is 26.0 Å². The summed E-state index contributed by atoms with van der Waals surface area (Å²) in [5, 5.41) is 0. The molecule has 0 aromatic heterocycles. The zero-order chi connectivity index (χ0) is 13.1. The summed E-state index contributed by atoms with van der Waals surface area (Å²) in [6.45, 7) is 18.0. The second-order valence-electron chi connectivity index (χ2n) is 3.51. The molecule has 0 atom stereocenters. The van der Waals surface area contributed by atoms with Gasteiger partial charge in [0.25, 0.3) is 0 Å². The summed E-state index contributed by atoms with van der Waals surface area (Å²) in [6.07, 6.45) is 7.09. The van der Waals surface area contributed by atoms with Crippen LogP contribution >= 0.6 is 0 Å². The highest BCUT2D eigenvalue weighted by Crippen LogP contribution is 1.90. The number of allylic oxidation sites excluding steroid dienone is 6. The molecule has 88 valence electrons. The Labute approximate surface area is 99.0 Å². The van der Waals surface area contributed by atoms with Crippen molar-refractivity contribution in [2.45, 2.75) is 13.8 Å². The van der Waals surface area contributed by atoms with E-state index >= 15 is 0 Å². The van der Waals surface area contributed by atoms with Crippen molar-refractivity contribution in [1.82, 2.24) is 0 Å². The molecule has 0 saturated carbocycles. The molecule has 0 aliphatic carbocycles. The van der Waals surface area contributed by atoms with Gasteiger partial charge in [0.15, 0.2) is 0 Å². The minimum Gasteiger partial charge on any atom is -0.399 e. The second-order valence-corrected chi connectivity index (χ2v) is 3.51. The fraction of sp³-hybridized carbons (Fsp3) is 0.143. The van der Waals surface area contributed by atoms with Crippen LogP contribution in [0.25, 0.3) is 0 Å². The summed E-state index contributed by atoms with van der Waals surface area (Å²) in [4.78, 5) is 0. The molecule has 0 spiro atoms. The first-order chi connectivity index (χ1) is 7.25. The molecule has 16 heavy (non-hydrogen) atoms. The summed E-state index contributed by atoms with van der Waals surface area (Å²) in [6, 6.07) is 0. The lowest BCUT2D eigenvalue weighted by atomic mass is 10.3. The van der Waals surface area contributed by atoms with Gasteiger partial charge in [-0.3, -0.25) is 0 Å². The van der Waals surface area contributed by atoms with E-state index in [1.54, 1.807) is 12.2 Å². The molecule has 0 amide bonds. The van der Waals surface area contributed by atoms with Crippen molar-refractivity contribution < 1.29 is 0 Å². The van der Waals surface area contributed by atoms with Gasteiger partial charge in [0.2, 0.25) is 0 Å². The minimum atomic E-state index is 0.563. The van der Waals surface area contributed by atoms with Crippen LogP contribution in [0.2, 0.25) is 0 Å². The Hall–Kier alpha value is -1.96. The van der Waals surface area contributed by atoms with Crippen molar-refractivity contribution in [2.75, 3.05) is 0 Å². The summed E-state index contributed by atoms with van der Waals surface area (Å²) in [7, 11) is 0. The van der Waals surface area contributed by atoms with Crippen LogP contribution in [0.3, 0.4) is 0 Å². The Morgan fingerprint density at radius 1 is 0.688 bits per heavy atom. The van der Waals surface area contributed by atoms with Crippen LogP contribution in [0.15, 0.2) is 73.2 Å². The third kappa shape index (κ3) is 22.7. The first kappa shape index (κ1) is 16.5. The van der Waals surface area contributed by atoms with E-state index in [-0.39, 0.29) is 0 Å². The third-order valence-electron chi connectivity index (χ3n) is 1.16. The molecule has 0 aromatic carbocycles. The Balaban J connectivity index is 0. The molecule has 0 aliphatic rings. The average molecular weight is 218 g/mol. The lowest BCUT2D eigenvalue weighted by Gasteiger charge is -1.84. The van der Waals surface area contributed by atoms with Crippen molar-refractivity contribution >= 4 is 0 Å². The van der Waals surface area contributed by atoms with Crippen LogP contribution in [0, 0.1) is 0 Å². The van der Waals surface area contributed by atoms with E-state index < -0.39 is 0 Å². The predicted molar refractivity (Wildman–Crippen MR) is 74.6 cm³/mol. The van der Waals surface area contributed by atoms with Crippen LogP contribution in [0.4, 0.5) is 0 Å². The maximum absolute atomic E-state index is 5.22. The van der Waals surface area contributed by atoms with Crippen molar-refractivity contribution in [3.8, 4) is 0 Å². The van der Waals surface area contributed by atoms with E-state index in [0.29, 0.717) is 11.4 Å². The lowest BCUT2D eigenvalue weighted by Crippen LogP contribution is -1.87. The molecule has 0 saturated heterocycles. The molecule has 0 fully saturated rings. The van der Waals surface area contributed by atoms with Crippen LogP contribution < -0.4 is 11.5 Å². The van der Waals surface area contributed by atoms with Crippen molar-refractivity contribution in [1.29, 1.82) is 0 Å². The summed E-state index contributed by atoms with van der Waals surface area (Å²) in [5.41, 5.74) is 13.5. The summed E-state index contributed by atoms with van der Waals surface area (Å²) < 4.78 is 0. The highest BCUT2D eigenvalue weighted by atomic mass is 14.5. The first-order valence-electron chi connectivity index (χ1n) is 4.81. The highest BCUT2D eigenvalue weighted by Gasteiger charge is 1.73. The van der Waals surface area contributed by atoms with Crippen molar-refractivity contribution in [3.05, 3.63) is 73.2 Å². The maximum atomic E-state index is 5.22. The third-order valence-corrected chi connectivity index (χ3v) is 1.16. The molecule has 0 heterocycles. The smallest absolute Gasteiger partial charge is 0.0241 e. The molecule has 2 nitrogen and oxygen atoms in total. The van der Waals surface area contributed by atoms with Gasteiger partial charge in [0.1, 0.15) is 0 Å². The Bertz CT molecular complexity index is 265. The molecule has 4 N–H and O–H groups in total. The summed E-state index contributed by atoms with van der Waals surface area (Å²) in [5.74, 6) is 0. The zero-order valence-electron chi connectivity index (χ0n) is 10.3. The molecule has 0 bridgehead atoms. The van der Waals surface area contributed by atoms with E-state index in [9.17, 15) is 0 Å². The molecular weight excluding hydrogens is 196 g/mol. The standard InChI is InChI=1S/2C7H11N/c2*1-6(2)4-5-7(3)8/h2*4-5H,1,3,8H2,2H3/b2*5-4-. The topological polar surface area (TPSA) is 52.0 Å². The van der Waals surface area contributed by atoms with Gasteiger partial charge in [-0.25, -0.2) is 0 Å². The van der Waals surface area contributed by atoms with Gasteiger partial charge in [0.05, 0.1) is 0 Å². The molecule has 0 rings (SSSR count). The molecule has 0 unspecified atom stereocenters. The van der Waals surface area contributed by atoms with Crippen molar-refractivity contribution in [3.63, 3.8) is 0 Å².